The Hall–Kier alpha value is -1.71. The molecule has 0 fully saturated rings. The lowest BCUT2D eigenvalue weighted by atomic mass is 10.1. The monoisotopic (exact) mass is 291 g/mol. The van der Waals surface area contributed by atoms with Gasteiger partial charge < -0.3 is 10.3 Å². The molecule has 3 nitrogen and oxygen atoms in total. The summed E-state index contributed by atoms with van der Waals surface area (Å²) in [6.07, 6.45) is 0. The molecular weight excluding hydrogens is 281 g/mol. The van der Waals surface area contributed by atoms with E-state index < -0.39 is 0 Å². The zero-order valence-corrected chi connectivity index (χ0v) is 11.7. The third-order valence-corrected chi connectivity index (χ3v) is 3.70. The summed E-state index contributed by atoms with van der Waals surface area (Å²) in [5.41, 5.74) is 9.22. The number of nitrogen functional groups attached to an aromatic ring is 1. The van der Waals surface area contributed by atoms with Crippen LogP contribution in [-0.2, 0) is 7.05 Å². The van der Waals surface area contributed by atoms with Crippen LogP contribution in [0, 0.1) is 0 Å². The number of hydrogen-bond acceptors (Lipinski definition) is 2. The molecular formula is C14H11Cl2N3. The van der Waals surface area contributed by atoms with Gasteiger partial charge in [0.2, 0.25) is 0 Å². The lowest BCUT2D eigenvalue weighted by Crippen LogP contribution is -1.97. The number of benzene rings is 2. The van der Waals surface area contributed by atoms with Crippen molar-refractivity contribution in [2.24, 2.45) is 7.05 Å². The molecule has 1 heterocycles. The number of nitrogens with zero attached hydrogens (tertiary/aromatic N) is 2. The van der Waals surface area contributed by atoms with Crippen molar-refractivity contribution in [1.29, 1.82) is 0 Å². The van der Waals surface area contributed by atoms with Crippen molar-refractivity contribution in [3.8, 4) is 11.4 Å². The Morgan fingerprint density at radius 1 is 1.16 bits per heavy atom. The minimum Gasteiger partial charge on any atom is -0.397 e. The zero-order valence-electron chi connectivity index (χ0n) is 10.2. The van der Waals surface area contributed by atoms with Gasteiger partial charge in [-0.1, -0.05) is 29.3 Å². The van der Waals surface area contributed by atoms with Crippen LogP contribution in [0.25, 0.3) is 22.4 Å². The number of aryl methyl sites for hydroxylation is 1. The van der Waals surface area contributed by atoms with Gasteiger partial charge in [0.25, 0.3) is 0 Å². The van der Waals surface area contributed by atoms with Crippen LogP contribution in [0.5, 0.6) is 0 Å². The number of aromatic nitrogens is 2. The van der Waals surface area contributed by atoms with Gasteiger partial charge in [0, 0.05) is 17.6 Å². The van der Waals surface area contributed by atoms with Gasteiger partial charge in [0.05, 0.1) is 21.7 Å². The first-order chi connectivity index (χ1) is 9.08. The van der Waals surface area contributed by atoms with E-state index in [-0.39, 0.29) is 0 Å². The van der Waals surface area contributed by atoms with Crippen molar-refractivity contribution in [2.45, 2.75) is 0 Å². The number of anilines is 1. The molecule has 96 valence electrons. The van der Waals surface area contributed by atoms with E-state index in [0.29, 0.717) is 15.7 Å². The first-order valence-electron chi connectivity index (χ1n) is 5.74. The van der Waals surface area contributed by atoms with Gasteiger partial charge in [0.15, 0.2) is 0 Å². The van der Waals surface area contributed by atoms with E-state index in [4.69, 9.17) is 28.9 Å². The van der Waals surface area contributed by atoms with Gasteiger partial charge in [-0.2, -0.15) is 0 Å². The Kier molecular flexibility index (Phi) is 2.88. The molecule has 0 saturated carbocycles. The maximum absolute atomic E-state index is 6.06. The fraction of sp³-hybridized carbons (Fsp3) is 0.0714. The quantitative estimate of drug-likeness (QED) is 0.685. The number of rotatable bonds is 1. The normalized spacial score (nSPS) is 11.1. The van der Waals surface area contributed by atoms with E-state index >= 15 is 0 Å². The summed E-state index contributed by atoms with van der Waals surface area (Å²) in [7, 11) is 1.93. The molecule has 0 amide bonds. The predicted octanol–water partition coefficient (Wildman–Crippen LogP) is 4.13. The van der Waals surface area contributed by atoms with Crippen molar-refractivity contribution in [2.75, 3.05) is 5.73 Å². The molecule has 2 N–H and O–H groups in total. The lowest BCUT2D eigenvalue weighted by Gasteiger charge is -2.07. The van der Waals surface area contributed by atoms with Crippen LogP contribution in [0.4, 0.5) is 5.69 Å². The van der Waals surface area contributed by atoms with Gasteiger partial charge in [-0.25, -0.2) is 4.98 Å². The molecule has 0 aliphatic carbocycles. The summed E-state index contributed by atoms with van der Waals surface area (Å²) in [4.78, 5) is 4.59. The minimum absolute atomic E-state index is 0.530. The van der Waals surface area contributed by atoms with Crippen molar-refractivity contribution in [3.05, 3.63) is 46.4 Å². The molecule has 3 rings (SSSR count). The summed E-state index contributed by atoms with van der Waals surface area (Å²) < 4.78 is 1.96. The van der Waals surface area contributed by atoms with Crippen LogP contribution in [0.1, 0.15) is 0 Å². The Bertz CT molecular complexity index is 778. The van der Waals surface area contributed by atoms with Gasteiger partial charge >= 0.3 is 0 Å². The number of para-hydroxylation sites is 1. The molecule has 2 aromatic carbocycles. The molecule has 5 heteroatoms. The molecule has 0 spiro atoms. The predicted molar refractivity (Wildman–Crippen MR) is 80.6 cm³/mol. The molecule has 0 saturated heterocycles. The van der Waals surface area contributed by atoms with Gasteiger partial charge in [-0.15, -0.1) is 0 Å². The molecule has 0 atom stereocenters. The third-order valence-electron chi connectivity index (χ3n) is 3.14. The average Bonchev–Trinajstić information content (AvgIpc) is 2.70. The van der Waals surface area contributed by atoms with Crippen LogP contribution in [-0.4, -0.2) is 9.55 Å². The number of fused-ring (bicyclic) bond motifs is 1. The van der Waals surface area contributed by atoms with Gasteiger partial charge in [0.1, 0.15) is 5.82 Å². The molecule has 3 aromatic rings. The maximum atomic E-state index is 6.06. The highest BCUT2D eigenvalue weighted by Gasteiger charge is 2.13. The Morgan fingerprint density at radius 2 is 1.95 bits per heavy atom. The van der Waals surface area contributed by atoms with Gasteiger partial charge in [-0.05, 0) is 30.3 Å². The highest BCUT2D eigenvalue weighted by molar-refractivity contribution is 6.33. The Labute approximate surface area is 120 Å². The van der Waals surface area contributed by atoms with E-state index in [2.05, 4.69) is 4.98 Å². The molecule has 0 aliphatic rings. The Morgan fingerprint density at radius 3 is 2.74 bits per heavy atom. The van der Waals surface area contributed by atoms with Crippen LogP contribution >= 0.6 is 23.2 Å². The van der Waals surface area contributed by atoms with E-state index in [9.17, 15) is 0 Å². The average molecular weight is 292 g/mol. The van der Waals surface area contributed by atoms with Crippen molar-refractivity contribution in [1.82, 2.24) is 9.55 Å². The Balaban J connectivity index is 2.31. The summed E-state index contributed by atoms with van der Waals surface area (Å²) in [5, 5.41) is 1.21. The molecule has 1 aromatic heterocycles. The second kappa shape index (κ2) is 4.44. The van der Waals surface area contributed by atoms with Crippen molar-refractivity contribution < 1.29 is 0 Å². The first kappa shape index (κ1) is 12.3. The third kappa shape index (κ3) is 1.95. The molecule has 19 heavy (non-hydrogen) atoms. The van der Waals surface area contributed by atoms with Crippen LogP contribution in [0.15, 0.2) is 36.4 Å². The smallest absolute Gasteiger partial charge is 0.143 e. The van der Waals surface area contributed by atoms with Crippen LogP contribution in [0.3, 0.4) is 0 Å². The highest BCUT2D eigenvalue weighted by atomic mass is 35.5. The molecule has 0 aliphatic heterocycles. The fourth-order valence-corrected chi connectivity index (χ4v) is 2.48. The van der Waals surface area contributed by atoms with E-state index in [1.807, 2.05) is 41.9 Å². The maximum Gasteiger partial charge on any atom is 0.143 e. The molecule has 0 radical (unpaired) electrons. The van der Waals surface area contributed by atoms with Gasteiger partial charge in [-0.3, -0.25) is 0 Å². The molecule has 0 bridgehead atoms. The van der Waals surface area contributed by atoms with E-state index in [1.165, 1.54) is 0 Å². The van der Waals surface area contributed by atoms with Crippen LogP contribution in [0.2, 0.25) is 10.0 Å². The standard InChI is InChI=1S/C14H11Cl2N3/c1-19-12-7-8(15)5-6-11(12)18-14(19)9-3-2-4-10(16)13(9)17/h2-7H,17H2,1H3. The summed E-state index contributed by atoms with van der Waals surface area (Å²) in [5.74, 6) is 0.775. The van der Waals surface area contributed by atoms with Crippen molar-refractivity contribution in [3.63, 3.8) is 0 Å². The second-order valence-corrected chi connectivity index (χ2v) is 5.17. The molecule has 0 unspecified atom stereocenters. The highest BCUT2D eigenvalue weighted by Crippen LogP contribution is 2.32. The van der Waals surface area contributed by atoms with Crippen molar-refractivity contribution >= 4 is 39.9 Å². The van der Waals surface area contributed by atoms with E-state index in [0.717, 1.165) is 22.4 Å². The fourth-order valence-electron chi connectivity index (χ4n) is 2.14. The number of halogens is 2. The first-order valence-corrected chi connectivity index (χ1v) is 6.50. The zero-order chi connectivity index (χ0) is 13.6. The summed E-state index contributed by atoms with van der Waals surface area (Å²) in [6, 6.07) is 11.1. The minimum atomic E-state index is 0.530. The number of nitrogens with two attached hydrogens (primary N) is 1. The lowest BCUT2D eigenvalue weighted by molar-refractivity contribution is 0.960. The summed E-state index contributed by atoms with van der Waals surface area (Å²) >= 11 is 12.1. The van der Waals surface area contributed by atoms with E-state index in [1.54, 1.807) is 6.07 Å². The number of imidazole rings is 1. The topological polar surface area (TPSA) is 43.8 Å². The number of hydrogen-bond donors (Lipinski definition) is 1. The van der Waals surface area contributed by atoms with Crippen LogP contribution < -0.4 is 5.73 Å². The SMILES string of the molecule is Cn1c(-c2cccc(Cl)c2N)nc2ccc(Cl)cc21. The largest absolute Gasteiger partial charge is 0.397 e. The summed E-state index contributed by atoms with van der Waals surface area (Å²) in [6.45, 7) is 0. The second-order valence-electron chi connectivity index (χ2n) is 4.33.